The van der Waals surface area contributed by atoms with Crippen molar-refractivity contribution in [3.05, 3.63) is 70.0 Å². The second-order valence-corrected chi connectivity index (χ2v) is 6.34. The Kier molecular flexibility index (Phi) is 5.74. The molecule has 10 heteroatoms. The Hall–Kier alpha value is -3.20. The first-order chi connectivity index (χ1) is 13.5. The minimum atomic E-state index is -1.28. The Labute approximate surface area is 164 Å². The lowest BCUT2D eigenvalue weighted by Gasteiger charge is -2.31. The van der Waals surface area contributed by atoms with Crippen molar-refractivity contribution in [1.82, 2.24) is 20.1 Å². The summed E-state index contributed by atoms with van der Waals surface area (Å²) >= 11 is 6.29. The summed E-state index contributed by atoms with van der Waals surface area (Å²) < 4.78 is 20.1. The van der Waals surface area contributed by atoms with E-state index < -0.39 is 24.5 Å². The monoisotopic (exact) mass is 406 g/mol. The minimum absolute atomic E-state index is 0.0353. The molecule has 0 fully saturated rings. The van der Waals surface area contributed by atoms with Crippen LogP contribution in [-0.4, -0.2) is 45.6 Å². The molecule has 2 aromatic rings. The number of ether oxygens (including phenoxy) is 1. The van der Waals surface area contributed by atoms with Gasteiger partial charge in [-0.25, -0.2) is 14.0 Å². The van der Waals surface area contributed by atoms with Crippen molar-refractivity contribution < 1.29 is 23.8 Å². The number of allylic oxidation sites excluding steroid dienone is 2. The van der Waals surface area contributed by atoms with Gasteiger partial charge in [0.2, 0.25) is 0 Å². The van der Waals surface area contributed by atoms with Crippen LogP contribution in [-0.2, 0) is 20.9 Å². The molecule has 3 rings (SSSR count). The zero-order valence-corrected chi connectivity index (χ0v) is 15.5. The van der Waals surface area contributed by atoms with Crippen molar-refractivity contribution in [3.63, 3.8) is 0 Å². The predicted molar refractivity (Wildman–Crippen MR) is 97.0 cm³/mol. The molecule has 8 nitrogen and oxygen atoms in total. The van der Waals surface area contributed by atoms with Crippen molar-refractivity contribution in [3.8, 4) is 0 Å². The van der Waals surface area contributed by atoms with E-state index in [9.17, 15) is 19.1 Å². The third-order valence-electron chi connectivity index (χ3n) is 4.32. The number of rotatable bonds is 6. The van der Waals surface area contributed by atoms with E-state index in [0.29, 0.717) is 5.56 Å². The maximum absolute atomic E-state index is 13.8. The van der Waals surface area contributed by atoms with E-state index in [1.165, 1.54) is 17.2 Å². The lowest BCUT2D eigenvalue weighted by Crippen LogP contribution is -2.35. The van der Waals surface area contributed by atoms with E-state index in [1.807, 2.05) is 0 Å². The summed E-state index contributed by atoms with van der Waals surface area (Å²) in [5.41, 5.74) is 0.195. The average Bonchev–Trinajstić information content (AvgIpc) is 3.19. The number of hydrogen-bond acceptors (Lipinski definition) is 6. The van der Waals surface area contributed by atoms with Crippen LogP contribution in [0.25, 0.3) is 0 Å². The van der Waals surface area contributed by atoms with E-state index in [1.54, 1.807) is 24.3 Å². The Morgan fingerprint density at radius 1 is 1.25 bits per heavy atom. The molecule has 0 saturated heterocycles. The minimum Gasteiger partial charge on any atom is -0.478 e. The SMILES string of the molecule is COC(=O)C1=C(CF)NC(Cn2cnnc2)=C(C(=O)O)C1c1ccccc1Cl. The first-order valence-corrected chi connectivity index (χ1v) is 8.53. The highest BCUT2D eigenvalue weighted by molar-refractivity contribution is 6.31. The van der Waals surface area contributed by atoms with Gasteiger partial charge in [0.1, 0.15) is 19.3 Å². The van der Waals surface area contributed by atoms with E-state index in [-0.39, 0.29) is 34.1 Å². The predicted octanol–water partition coefficient (Wildman–Crippen LogP) is 2.05. The fourth-order valence-electron chi connectivity index (χ4n) is 3.15. The number of dihydropyridines is 1. The Balaban J connectivity index is 2.25. The first-order valence-electron chi connectivity index (χ1n) is 8.15. The third-order valence-corrected chi connectivity index (χ3v) is 4.67. The molecule has 1 aromatic heterocycles. The normalized spacial score (nSPS) is 16.8. The lowest BCUT2D eigenvalue weighted by molar-refractivity contribution is -0.136. The van der Waals surface area contributed by atoms with Crippen LogP contribution >= 0.6 is 11.6 Å². The summed E-state index contributed by atoms with van der Waals surface area (Å²) in [6, 6.07) is 6.50. The molecule has 0 radical (unpaired) electrons. The average molecular weight is 407 g/mol. The maximum atomic E-state index is 13.8. The van der Waals surface area contributed by atoms with Crippen molar-refractivity contribution in [2.75, 3.05) is 13.8 Å². The molecule has 0 amide bonds. The number of carbonyl (C=O) groups excluding carboxylic acids is 1. The van der Waals surface area contributed by atoms with Gasteiger partial charge in [-0.05, 0) is 11.6 Å². The van der Waals surface area contributed by atoms with Crippen LogP contribution in [0, 0.1) is 0 Å². The number of aliphatic carboxylic acids is 1. The molecular weight excluding hydrogens is 391 g/mol. The smallest absolute Gasteiger partial charge is 0.336 e. The van der Waals surface area contributed by atoms with Crippen LogP contribution in [0.2, 0.25) is 5.02 Å². The number of nitrogens with zero attached hydrogens (tertiary/aromatic N) is 3. The van der Waals surface area contributed by atoms with E-state index in [4.69, 9.17) is 16.3 Å². The Bertz CT molecular complexity index is 972. The molecule has 146 valence electrons. The lowest BCUT2D eigenvalue weighted by atomic mass is 9.80. The van der Waals surface area contributed by atoms with Crippen molar-refractivity contribution in [1.29, 1.82) is 0 Å². The topological polar surface area (TPSA) is 106 Å². The van der Waals surface area contributed by atoms with Gasteiger partial charge in [-0.3, -0.25) is 0 Å². The molecule has 1 aliphatic rings. The number of methoxy groups -OCH3 is 1. The molecule has 1 aliphatic heterocycles. The quantitative estimate of drug-likeness (QED) is 0.707. The molecule has 0 saturated carbocycles. The third kappa shape index (κ3) is 3.61. The van der Waals surface area contributed by atoms with Crippen LogP contribution in [0.4, 0.5) is 4.39 Å². The molecule has 0 spiro atoms. The number of hydrogen-bond donors (Lipinski definition) is 2. The van der Waals surface area contributed by atoms with Gasteiger partial charge in [-0.1, -0.05) is 29.8 Å². The Morgan fingerprint density at radius 2 is 1.93 bits per heavy atom. The van der Waals surface area contributed by atoms with E-state index in [2.05, 4.69) is 15.5 Å². The largest absolute Gasteiger partial charge is 0.478 e. The van der Waals surface area contributed by atoms with Gasteiger partial charge >= 0.3 is 11.9 Å². The van der Waals surface area contributed by atoms with Crippen LogP contribution in [0.5, 0.6) is 0 Å². The number of carboxylic acid groups (broad SMARTS) is 1. The van der Waals surface area contributed by atoms with Gasteiger partial charge in [0.05, 0.1) is 36.4 Å². The van der Waals surface area contributed by atoms with Crippen LogP contribution in [0.15, 0.2) is 59.5 Å². The summed E-state index contributed by atoms with van der Waals surface area (Å²) in [7, 11) is 1.14. The van der Waals surface area contributed by atoms with Crippen LogP contribution in [0.3, 0.4) is 0 Å². The van der Waals surface area contributed by atoms with Gasteiger partial charge in [-0.2, -0.15) is 0 Å². The summed E-state index contributed by atoms with van der Waals surface area (Å²) in [5, 5.41) is 20.3. The number of halogens is 2. The molecule has 1 atom stereocenters. The summed E-state index contributed by atoms with van der Waals surface area (Å²) in [5.74, 6) is -3.23. The number of aromatic nitrogens is 3. The zero-order valence-electron chi connectivity index (χ0n) is 14.7. The van der Waals surface area contributed by atoms with E-state index >= 15 is 0 Å². The molecule has 0 bridgehead atoms. The summed E-state index contributed by atoms with van der Waals surface area (Å²) in [6.45, 7) is -0.989. The summed E-state index contributed by atoms with van der Waals surface area (Å²) in [4.78, 5) is 24.6. The van der Waals surface area contributed by atoms with Gasteiger partial charge < -0.3 is 19.7 Å². The van der Waals surface area contributed by atoms with Crippen LogP contribution in [0.1, 0.15) is 11.5 Å². The molecule has 1 aromatic carbocycles. The van der Waals surface area contributed by atoms with Crippen molar-refractivity contribution in [2.45, 2.75) is 12.5 Å². The fraction of sp³-hybridized carbons (Fsp3) is 0.222. The molecule has 2 heterocycles. The van der Waals surface area contributed by atoms with Crippen LogP contribution < -0.4 is 5.32 Å². The standard InChI is InChI=1S/C18H16ClFN4O4/c1-28-18(27)16-12(6-20)23-13(7-24-8-21-22-9-24)15(17(25)26)14(16)10-4-2-3-5-11(10)19/h2-5,8-9,14,23H,6-7H2,1H3,(H,25,26). The van der Waals surface area contributed by atoms with Gasteiger partial charge in [0.15, 0.2) is 0 Å². The van der Waals surface area contributed by atoms with Gasteiger partial charge in [0, 0.05) is 10.7 Å². The highest BCUT2D eigenvalue weighted by Gasteiger charge is 2.40. The van der Waals surface area contributed by atoms with Gasteiger partial charge in [-0.15, -0.1) is 10.2 Å². The van der Waals surface area contributed by atoms with Crippen molar-refractivity contribution in [2.24, 2.45) is 0 Å². The van der Waals surface area contributed by atoms with Gasteiger partial charge in [0.25, 0.3) is 0 Å². The Morgan fingerprint density at radius 3 is 2.50 bits per heavy atom. The number of benzene rings is 1. The summed E-state index contributed by atoms with van der Waals surface area (Å²) in [6.07, 6.45) is 2.79. The second-order valence-electron chi connectivity index (χ2n) is 5.93. The zero-order chi connectivity index (χ0) is 20.3. The number of nitrogens with one attached hydrogen (secondary N) is 1. The fourth-order valence-corrected chi connectivity index (χ4v) is 3.39. The van der Waals surface area contributed by atoms with Crippen molar-refractivity contribution >= 4 is 23.5 Å². The van der Waals surface area contributed by atoms with E-state index in [0.717, 1.165) is 7.11 Å². The number of carboxylic acids is 1. The molecule has 28 heavy (non-hydrogen) atoms. The second kappa shape index (κ2) is 8.22. The molecular formula is C18H16ClFN4O4. The number of alkyl halides is 1. The number of carbonyl (C=O) groups is 2. The molecule has 0 aliphatic carbocycles. The highest BCUT2D eigenvalue weighted by atomic mass is 35.5. The number of esters is 1. The first kappa shape index (κ1) is 19.6. The maximum Gasteiger partial charge on any atom is 0.336 e. The molecule has 2 N–H and O–H groups in total. The highest BCUT2D eigenvalue weighted by Crippen LogP contribution is 2.41. The molecule has 1 unspecified atom stereocenters.